The Morgan fingerprint density at radius 2 is 1.87 bits per heavy atom. The maximum atomic E-state index is 11.2. The van der Waals surface area contributed by atoms with E-state index in [1.807, 2.05) is 37.3 Å². The molecule has 0 amide bonds. The van der Waals surface area contributed by atoms with Gasteiger partial charge in [-0.2, -0.15) is 0 Å². The Bertz CT molecular complexity index is 363. The number of hydrogen-bond donors (Lipinski definition) is 1. The molecule has 0 aliphatic heterocycles. The summed E-state index contributed by atoms with van der Waals surface area (Å²) >= 11 is 0. The molecule has 0 heterocycles. The number of allylic oxidation sites excluding steroid dienone is 1. The van der Waals surface area contributed by atoms with Crippen molar-refractivity contribution in [3.8, 4) is 0 Å². The van der Waals surface area contributed by atoms with Crippen LogP contribution >= 0.6 is 0 Å². The third-order valence-electron chi connectivity index (χ3n) is 2.06. The van der Waals surface area contributed by atoms with Crippen molar-refractivity contribution in [2.75, 3.05) is 0 Å². The Balaban J connectivity index is 2.64. The van der Waals surface area contributed by atoms with Gasteiger partial charge in [-0.25, -0.2) is 0 Å². The molecular formula is C13H15NO. The van der Waals surface area contributed by atoms with Crippen LogP contribution in [0.5, 0.6) is 0 Å². The predicted molar refractivity (Wildman–Crippen MR) is 63.3 cm³/mol. The Morgan fingerprint density at radius 3 is 2.40 bits per heavy atom. The van der Waals surface area contributed by atoms with Gasteiger partial charge in [0.2, 0.25) is 0 Å². The number of hydrogen-bond acceptors (Lipinski definition) is 2. The first-order valence-corrected chi connectivity index (χ1v) is 5.07. The largest absolute Gasteiger partial charge is 0.308 e. The van der Waals surface area contributed by atoms with E-state index in [-0.39, 0.29) is 5.78 Å². The van der Waals surface area contributed by atoms with Gasteiger partial charge >= 0.3 is 0 Å². The smallest absolute Gasteiger partial charge is 0.155 e. The van der Waals surface area contributed by atoms with Crippen molar-refractivity contribution < 1.29 is 4.79 Å². The van der Waals surface area contributed by atoms with Gasteiger partial charge in [0, 0.05) is 12.6 Å². The molecule has 0 bridgehead atoms. The Labute approximate surface area is 90.1 Å². The molecule has 78 valence electrons. The molecule has 0 saturated carbocycles. The monoisotopic (exact) mass is 201 g/mol. The van der Waals surface area contributed by atoms with E-state index in [0.717, 1.165) is 17.5 Å². The number of rotatable bonds is 5. The molecule has 0 aliphatic carbocycles. The van der Waals surface area contributed by atoms with Crippen molar-refractivity contribution in [3.63, 3.8) is 0 Å². The standard InChI is InChI=1S/C13H15NO/c1-2-3-13(15)9-8-11-4-6-12(10-14)7-5-11/h4-10,14H,2-3H2,1H3/b9-8+,14-10?. The highest BCUT2D eigenvalue weighted by molar-refractivity contribution is 5.93. The van der Waals surface area contributed by atoms with Crippen LogP contribution in [0.1, 0.15) is 30.9 Å². The fraction of sp³-hybridized carbons (Fsp3) is 0.231. The molecule has 0 spiro atoms. The van der Waals surface area contributed by atoms with Crippen molar-refractivity contribution in [1.29, 1.82) is 5.41 Å². The zero-order valence-corrected chi connectivity index (χ0v) is 8.86. The summed E-state index contributed by atoms with van der Waals surface area (Å²) in [6, 6.07) is 7.51. The van der Waals surface area contributed by atoms with Crippen molar-refractivity contribution in [3.05, 3.63) is 41.5 Å². The van der Waals surface area contributed by atoms with Gasteiger partial charge in [0.15, 0.2) is 5.78 Å². The van der Waals surface area contributed by atoms with Crippen LogP contribution in [0.3, 0.4) is 0 Å². The molecule has 0 radical (unpaired) electrons. The van der Waals surface area contributed by atoms with Crippen LogP contribution in [0.4, 0.5) is 0 Å². The summed E-state index contributed by atoms with van der Waals surface area (Å²) in [5, 5.41) is 7.04. The van der Waals surface area contributed by atoms with E-state index >= 15 is 0 Å². The van der Waals surface area contributed by atoms with Crippen molar-refractivity contribution in [1.82, 2.24) is 0 Å². The van der Waals surface area contributed by atoms with Crippen LogP contribution < -0.4 is 0 Å². The van der Waals surface area contributed by atoms with Gasteiger partial charge in [-0.1, -0.05) is 37.3 Å². The average Bonchev–Trinajstić information content (AvgIpc) is 2.27. The second-order valence-corrected chi connectivity index (χ2v) is 3.36. The van der Waals surface area contributed by atoms with E-state index in [2.05, 4.69) is 0 Å². The molecule has 0 unspecified atom stereocenters. The predicted octanol–water partition coefficient (Wildman–Crippen LogP) is 3.07. The van der Waals surface area contributed by atoms with Crippen LogP contribution in [-0.4, -0.2) is 12.0 Å². The number of carbonyl (C=O) groups is 1. The summed E-state index contributed by atoms with van der Waals surface area (Å²) in [7, 11) is 0. The van der Waals surface area contributed by atoms with Crippen LogP contribution in [0.2, 0.25) is 0 Å². The fourth-order valence-corrected chi connectivity index (χ4v) is 1.22. The number of carbonyl (C=O) groups excluding carboxylic acids is 1. The molecule has 1 rings (SSSR count). The van der Waals surface area contributed by atoms with Gasteiger partial charge in [-0.3, -0.25) is 4.79 Å². The molecule has 2 heteroatoms. The van der Waals surface area contributed by atoms with Gasteiger partial charge in [0.05, 0.1) is 0 Å². The summed E-state index contributed by atoms with van der Waals surface area (Å²) in [4.78, 5) is 11.2. The average molecular weight is 201 g/mol. The van der Waals surface area contributed by atoms with Crippen LogP contribution in [0.15, 0.2) is 30.3 Å². The van der Waals surface area contributed by atoms with Crippen LogP contribution in [0.25, 0.3) is 6.08 Å². The first-order chi connectivity index (χ1) is 7.26. The highest BCUT2D eigenvalue weighted by Gasteiger charge is 1.93. The molecule has 0 fully saturated rings. The maximum Gasteiger partial charge on any atom is 0.155 e. The van der Waals surface area contributed by atoms with Gasteiger partial charge in [-0.05, 0) is 23.6 Å². The summed E-state index contributed by atoms with van der Waals surface area (Å²) in [5.41, 5.74) is 1.86. The van der Waals surface area contributed by atoms with Crippen LogP contribution in [-0.2, 0) is 4.79 Å². The molecule has 0 saturated heterocycles. The second-order valence-electron chi connectivity index (χ2n) is 3.36. The molecule has 0 aliphatic rings. The molecular weight excluding hydrogens is 186 g/mol. The third-order valence-corrected chi connectivity index (χ3v) is 2.06. The number of nitrogens with one attached hydrogen (secondary N) is 1. The van der Waals surface area contributed by atoms with E-state index in [1.54, 1.807) is 6.08 Å². The molecule has 1 aromatic rings. The molecule has 1 N–H and O–H groups in total. The Kier molecular flexibility index (Phi) is 4.48. The van der Waals surface area contributed by atoms with E-state index in [9.17, 15) is 4.79 Å². The molecule has 2 nitrogen and oxygen atoms in total. The number of benzene rings is 1. The van der Waals surface area contributed by atoms with E-state index in [1.165, 1.54) is 6.21 Å². The zero-order chi connectivity index (χ0) is 11.1. The Morgan fingerprint density at radius 1 is 1.27 bits per heavy atom. The fourth-order valence-electron chi connectivity index (χ4n) is 1.22. The lowest BCUT2D eigenvalue weighted by molar-refractivity contribution is -0.114. The highest BCUT2D eigenvalue weighted by Crippen LogP contribution is 2.05. The van der Waals surface area contributed by atoms with Gasteiger partial charge < -0.3 is 5.41 Å². The first-order valence-electron chi connectivity index (χ1n) is 5.07. The summed E-state index contributed by atoms with van der Waals surface area (Å²) in [6.07, 6.45) is 6.22. The minimum Gasteiger partial charge on any atom is -0.308 e. The van der Waals surface area contributed by atoms with Crippen LogP contribution in [0, 0.1) is 5.41 Å². The summed E-state index contributed by atoms with van der Waals surface area (Å²) in [5.74, 6) is 0.161. The van der Waals surface area contributed by atoms with Gasteiger partial charge in [-0.15, -0.1) is 0 Å². The number of ketones is 1. The lowest BCUT2D eigenvalue weighted by Gasteiger charge is -1.94. The third kappa shape index (κ3) is 3.90. The lowest BCUT2D eigenvalue weighted by atomic mass is 10.1. The zero-order valence-electron chi connectivity index (χ0n) is 8.86. The minimum absolute atomic E-state index is 0.161. The van der Waals surface area contributed by atoms with E-state index in [4.69, 9.17) is 5.41 Å². The van der Waals surface area contributed by atoms with E-state index in [0.29, 0.717) is 6.42 Å². The Hall–Kier alpha value is -1.70. The van der Waals surface area contributed by atoms with Crippen molar-refractivity contribution in [2.24, 2.45) is 0 Å². The second kappa shape index (κ2) is 5.91. The van der Waals surface area contributed by atoms with Crippen molar-refractivity contribution >= 4 is 18.1 Å². The lowest BCUT2D eigenvalue weighted by Crippen LogP contribution is -1.89. The quantitative estimate of drug-likeness (QED) is 0.577. The maximum absolute atomic E-state index is 11.2. The topological polar surface area (TPSA) is 40.9 Å². The normalized spacial score (nSPS) is 10.5. The summed E-state index contributed by atoms with van der Waals surface area (Å²) < 4.78 is 0. The molecule has 0 aromatic heterocycles. The molecule has 1 aromatic carbocycles. The van der Waals surface area contributed by atoms with Gasteiger partial charge in [0.1, 0.15) is 0 Å². The molecule has 0 atom stereocenters. The highest BCUT2D eigenvalue weighted by atomic mass is 16.1. The minimum atomic E-state index is 0.161. The molecule has 15 heavy (non-hydrogen) atoms. The van der Waals surface area contributed by atoms with E-state index < -0.39 is 0 Å². The van der Waals surface area contributed by atoms with Crippen molar-refractivity contribution in [2.45, 2.75) is 19.8 Å². The summed E-state index contributed by atoms with van der Waals surface area (Å²) in [6.45, 7) is 1.99. The SMILES string of the molecule is CCCC(=O)/C=C/c1ccc(C=N)cc1. The van der Waals surface area contributed by atoms with Gasteiger partial charge in [0.25, 0.3) is 0 Å². The first kappa shape index (κ1) is 11.4.